The summed E-state index contributed by atoms with van der Waals surface area (Å²) in [6.45, 7) is 9.06. The van der Waals surface area contributed by atoms with Crippen molar-refractivity contribution in [2.45, 2.75) is 51.0 Å². The molecule has 1 aromatic rings. The van der Waals surface area contributed by atoms with E-state index in [1.165, 1.54) is 19.4 Å². The predicted octanol–water partition coefficient (Wildman–Crippen LogP) is 2.78. The van der Waals surface area contributed by atoms with Crippen LogP contribution in [0.15, 0.2) is 29.2 Å². The molecule has 1 atom stereocenters. The number of aryl methyl sites for hydroxylation is 1. The molecule has 0 spiro atoms. The highest BCUT2D eigenvalue weighted by Gasteiger charge is 2.22. The third-order valence-electron chi connectivity index (χ3n) is 4.51. The van der Waals surface area contributed by atoms with Crippen molar-refractivity contribution in [1.29, 1.82) is 0 Å². The maximum absolute atomic E-state index is 12.3. The van der Waals surface area contributed by atoms with Crippen molar-refractivity contribution in [2.75, 3.05) is 19.6 Å². The summed E-state index contributed by atoms with van der Waals surface area (Å²) in [5.74, 6) is 0.593. The van der Waals surface area contributed by atoms with E-state index in [-0.39, 0.29) is 0 Å². The molecule has 1 aliphatic heterocycles. The van der Waals surface area contributed by atoms with Crippen LogP contribution in [0.1, 0.15) is 38.7 Å². The van der Waals surface area contributed by atoms with Crippen LogP contribution in [0, 0.1) is 12.8 Å². The predicted molar refractivity (Wildman–Crippen MR) is 90.4 cm³/mol. The molecule has 1 N–H and O–H groups in total. The van der Waals surface area contributed by atoms with E-state index < -0.39 is 10.0 Å². The quantitative estimate of drug-likeness (QED) is 0.875. The summed E-state index contributed by atoms with van der Waals surface area (Å²) in [6, 6.07) is 7.70. The van der Waals surface area contributed by atoms with Gasteiger partial charge >= 0.3 is 0 Å². The van der Waals surface area contributed by atoms with Crippen LogP contribution in [0.5, 0.6) is 0 Å². The number of likely N-dealkylation sites (tertiary alicyclic amines) is 1. The van der Waals surface area contributed by atoms with Crippen LogP contribution in [-0.4, -0.2) is 39.0 Å². The Hall–Kier alpha value is -0.910. The standard InChI is InChI=1S/C17H28N2O2S/c1-14(2)19-12-6-8-16(13-19)10-11-18-22(20,21)17-9-5-4-7-15(17)3/h4-5,7,9,14,16,18H,6,8,10-13H2,1-3H3/t16-/m0/s1. The van der Waals surface area contributed by atoms with Gasteiger partial charge < -0.3 is 4.90 Å². The lowest BCUT2D eigenvalue weighted by atomic mass is 9.94. The molecule has 0 bridgehead atoms. The fourth-order valence-electron chi connectivity index (χ4n) is 3.14. The number of nitrogens with one attached hydrogen (secondary N) is 1. The minimum Gasteiger partial charge on any atom is -0.301 e. The van der Waals surface area contributed by atoms with Gasteiger partial charge in [0.2, 0.25) is 10.0 Å². The zero-order valence-corrected chi connectivity index (χ0v) is 14.7. The van der Waals surface area contributed by atoms with Crippen LogP contribution >= 0.6 is 0 Å². The molecule has 1 saturated heterocycles. The van der Waals surface area contributed by atoms with Gasteiger partial charge in [-0.3, -0.25) is 0 Å². The second-order valence-electron chi connectivity index (χ2n) is 6.55. The Balaban J connectivity index is 1.87. The highest BCUT2D eigenvalue weighted by Crippen LogP contribution is 2.21. The SMILES string of the molecule is Cc1ccccc1S(=O)(=O)NCC[C@@H]1CCCN(C(C)C)C1. The molecule has 5 heteroatoms. The maximum atomic E-state index is 12.3. The van der Waals surface area contributed by atoms with E-state index in [0.29, 0.717) is 23.4 Å². The van der Waals surface area contributed by atoms with E-state index in [1.54, 1.807) is 12.1 Å². The van der Waals surface area contributed by atoms with Crippen LogP contribution in [0.25, 0.3) is 0 Å². The van der Waals surface area contributed by atoms with Gasteiger partial charge in [0, 0.05) is 19.1 Å². The largest absolute Gasteiger partial charge is 0.301 e. The van der Waals surface area contributed by atoms with Crippen LogP contribution < -0.4 is 4.72 Å². The topological polar surface area (TPSA) is 49.4 Å². The third kappa shape index (κ3) is 4.54. The molecule has 1 fully saturated rings. The molecular weight excluding hydrogens is 296 g/mol. The Labute approximate surface area is 135 Å². The van der Waals surface area contributed by atoms with Crippen molar-refractivity contribution >= 4 is 10.0 Å². The molecule has 0 radical (unpaired) electrons. The van der Waals surface area contributed by atoms with E-state index in [4.69, 9.17) is 0 Å². The Kier molecular flexibility index (Phi) is 6.01. The number of rotatable bonds is 6. The van der Waals surface area contributed by atoms with Crippen LogP contribution in [0.2, 0.25) is 0 Å². The molecule has 1 aliphatic rings. The summed E-state index contributed by atoms with van der Waals surface area (Å²) in [5.41, 5.74) is 0.790. The average Bonchev–Trinajstić information content (AvgIpc) is 2.47. The number of sulfonamides is 1. The minimum atomic E-state index is -3.39. The first-order valence-electron chi connectivity index (χ1n) is 8.19. The van der Waals surface area contributed by atoms with Gasteiger partial charge in [0.25, 0.3) is 0 Å². The van der Waals surface area contributed by atoms with Crippen molar-refractivity contribution in [3.8, 4) is 0 Å². The lowest BCUT2D eigenvalue weighted by Crippen LogP contribution is -2.40. The molecule has 1 aromatic carbocycles. The van der Waals surface area contributed by atoms with Gasteiger partial charge in [0.05, 0.1) is 4.90 Å². The number of piperidine rings is 1. The summed E-state index contributed by atoms with van der Waals surface area (Å²) in [5, 5.41) is 0. The van der Waals surface area contributed by atoms with Gasteiger partial charge in [-0.05, 0) is 64.1 Å². The Bertz CT molecular complexity index is 584. The van der Waals surface area contributed by atoms with Gasteiger partial charge in [0.1, 0.15) is 0 Å². The first kappa shape index (κ1) is 17.4. The Morgan fingerprint density at radius 2 is 2.05 bits per heavy atom. The molecule has 0 amide bonds. The normalized spacial score (nSPS) is 20.5. The lowest BCUT2D eigenvalue weighted by molar-refractivity contribution is 0.136. The van der Waals surface area contributed by atoms with E-state index in [1.807, 2.05) is 19.1 Å². The number of benzene rings is 1. The van der Waals surface area contributed by atoms with Crippen LogP contribution in [0.4, 0.5) is 0 Å². The summed E-state index contributed by atoms with van der Waals surface area (Å²) >= 11 is 0. The molecule has 4 nitrogen and oxygen atoms in total. The van der Waals surface area contributed by atoms with E-state index in [2.05, 4.69) is 23.5 Å². The van der Waals surface area contributed by atoms with Gasteiger partial charge in [-0.2, -0.15) is 0 Å². The van der Waals surface area contributed by atoms with Crippen molar-refractivity contribution in [3.63, 3.8) is 0 Å². The Morgan fingerprint density at radius 1 is 1.32 bits per heavy atom. The molecule has 0 saturated carbocycles. The molecule has 2 rings (SSSR count). The number of hydrogen-bond acceptors (Lipinski definition) is 3. The molecule has 0 aromatic heterocycles. The van der Waals surface area contributed by atoms with E-state index >= 15 is 0 Å². The molecular formula is C17H28N2O2S. The Morgan fingerprint density at radius 3 is 2.73 bits per heavy atom. The molecule has 124 valence electrons. The van der Waals surface area contributed by atoms with Gasteiger partial charge in [-0.15, -0.1) is 0 Å². The molecule has 1 heterocycles. The fourth-order valence-corrected chi connectivity index (χ4v) is 4.43. The van der Waals surface area contributed by atoms with Gasteiger partial charge in [-0.1, -0.05) is 18.2 Å². The van der Waals surface area contributed by atoms with Crippen molar-refractivity contribution in [1.82, 2.24) is 9.62 Å². The fraction of sp³-hybridized carbons (Fsp3) is 0.647. The summed E-state index contributed by atoms with van der Waals surface area (Å²) in [7, 11) is -3.39. The van der Waals surface area contributed by atoms with E-state index in [9.17, 15) is 8.42 Å². The summed E-state index contributed by atoms with van der Waals surface area (Å²) < 4.78 is 27.5. The van der Waals surface area contributed by atoms with Gasteiger partial charge in [-0.25, -0.2) is 13.1 Å². The third-order valence-corrected chi connectivity index (χ3v) is 6.13. The molecule has 22 heavy (non-hydrogen) atoms. The second-order valence-corrected chi connectivity index (χ2v) is 8.28. The van der Waals surface area contributed by atoms with E-state index in [0.717, 1.165) is 18.5 Å². The monoisotopic (exact) mass is 324 g/mol. The number of nitrogens with zero attached hydrogens (tertiary/aromatic N) is 1. The van der Waals surface area contributed by atoms with Gasteiger partial charge in [0.15, 0.2) is 0 Å². The zero-order chi connectivity index (χ0) is 16.2. The van der Waals surface area contributed by atoms with Crippen LogP contribution in [0.3, 0.4) is 0 Å². The van der Waals surface area contributed by atoms with Crippen molar-refractivity contribution < 1.29 is 8.42 Å². The maximum Gasteiger partial charge on any atom is 0.240 e. The highest BCUT2D eigenvalue weighted by atomic mass is 32.2. The second kappa shape index (κ2) is 7.57. The molecule has 0 unspecified atom stereocenters. The first-order chi connectivity index (χ1) is 10.4. The molecule has 0 aliphatic carbocycles. The zero-order valence-electron chi connectivity index (χ0n) is 13.9. The smallest absolute Gasteiger partial charge is 0.240 e. The van der Waals surface area contributed by atoms with Crippen molar-refractivity contribution in [3.05, 3.63) is 29.8 Å². The summed E-state index contributed by atoms with van der Waals surface area (Å²) in [4.78, 5) is 2.88. The van der Waals surface area contributed by atoms with Crippen LogP contribution in [-0.2, 0) is 10.0 Å². The highest BCUT2D eigenvalue weighted by molar-refractivity contribution is 7.89. The number of hydrogen-bond donors (Lipinski definition) is 1. The average molecular weight is 324 g/mol. The first-order valence-corrected chi connectivity index (χ1v) is 9.68. The van der Waals surface area contributed by atoms with Crippen molar-refractivity contribution in [2.24, 2.45) is 5.92 Å². The summed E-state index contributed by atoms with van der Waals surface area (Å²) in [6.07, 6.45) is 3.33. The minimum absolute atomic E-state index is 0.391. The lowest BCUT2D eigenvalue weighted by Gasteiger charge is -2.35.